The first kappa shape index (κ1) is 23.1. The number of non-ortho nitro benzene ring substituents is 1. The minimum Gasteiger partial charge on any atom is -0.459 e. The first-order valence-corrected chi connectivity index (χ1v) is 11.7. The highest BCUT2D eigenvalue weighted by molar-refractivity contribution is 7.89. The van der Waals surface area contributed by atoms with Crippen molar-refractivity contribution < 1.29 is 27.3 Å². The van der Waals surface area contributed by atoms with Gasteiger partial charge in [-0.1, -0.05) is 18.2 Å². The van der Waals surface area contributed by atoms with E-state index < -0.39 is 20.9 Å². The quantitative estimate of drug-likeness (QED) is 0.418. The monoisotopic (exact) mass is 484 g/mol. The van der Waals surface area contributed by atoms with Crippen LogP contribution < -0.4 is 5.32 Å². The van der Waals surface area contributed by atoms with Crippen molar-refractivity contribution in [1.29, 1.82) is 0 Å². The number of carbonyl (C=O) groups excluding carboxylic acids is 2. The summed E-state index contributed by atoms with van der Waals surface area (Å²) in [5.41, 5.74) is 0.251. The van der Waals surface area contributed by atoms with Gasteiger partial charge in [-0.05, 0) is 30.3 Å². The van der Waals surface area contributed by atoms with Gasteiger partial charge in [0.15, 0.2) is 5.76 Å². The molecule has 0 bridgehead atoms. The van der Waals surface area contributed by atoms with Crippen LogP contribution >= 0.6 is 0 Å². The number of piperazine rings is 1. The highest BCUT2D eigenvalue weighted by atomic mass is 32.2. The van der Waals surface area contributed by atoms with Crippen LogP contribution in [0, 0.1) is 10.1 Å². The van der Waals surface area contributed by atoms with Gasteiger partial charge in [0.25, 0.3) is 17.5 Å². The van der Waals surface area contributed by atoms with Crippen LogP contribution in [0.2, 0.25) is 0 Å². The van der Waals surface area contributed by atoms with Crippen LogP contribution in [0.5, 0.6) is 0 Å². The molecule has 1 aliphatic heterocycles. The number of hydrogen-bond donors (Lipinski definition) is 1. The van der Waals surface area contributed by atoms with Gasteiger partial charge < -0.3 is 14.6 Å². The second kappa shape index (κ2) is 9.45. The van der Waals surface area contributed by atoms with E-state index in [1.807, 2.05) is 0 Å². The molecule has 1 N–H and O–H groups in total. The minimum absolute atomic E-state index is 0.0255. The molecule has 0 spiro atoms. The summed E-state index contributed by atoms with van der Waals surface area (Å²) in [7, 11) is -3.96. The molecule has 0 atom stereocenters. The number of anilines is 1. The molecule has 2 aromatic carbocycles. The fourth-order valence-corrected chi connectivity index (χ4v) is 5.04. The number of para-hydroxylation sites is 1. The number of rotatable bonds is 6. The zero-order valence-corrected chi connectivity index (χ0v) is 18.6. The van der Waals surface area contributed by atoms with Crippen LogP contribution in [-0.2, 0) is 10.0 Å². The predicted octanol–water partition coefficient (Wildman–Crippen LogP) is 2.59. The number of carbonyl (C=O) groups is 2. The molecule has 0 radical (unpaired) electrons. The summed E-state index contributed by atoms with van der Waals surface area (Å²) < 4.78 is 32.2. The van der Waals surface area contributed by atoms with Gasteiger partial charge in [0.05, 0.1) is 27.3 Å². The first-order valence-electron chi connectivity index (χ1n) is 10.2. The lowest BCUT2D eigenvalue weighted by molar-refractivity contribution is -0.385. The fraction of sp³-hybridized carbons (Fsp3) is 0.182. The summed E-state index contributed by atoms with van der Waals surface area (Å²) in [5.74, 6) is -0.761. The van der Waals surface area contributed by atoms with E-state index in [0.717, 1.165) is 6.07 Å². The number of nitrogens with one attached hydrogen (secondary N) is 1. The van der Waals surface area contributed by atoms with Gasteiger partial charge in [-0.25, -0.2) is 8.42 Å². The molecule has 11 nitrogen and oxygen atoms in total. The number of hydrogen-bond acceptors (Lipinski definition) is 7. The molecular weight excluding hydrogens is 464 g/mol. The van der Waals surface area contributed by atoms with Crippen LogP contribution in [-0.4, -0.2) is 60.5 Å². The Morgan fingerprint density at radius 1 is 0.971 bits per heavy atom. The zero-order chi connectivity index (χ0) is 24.3. The molecule has 4 rings (SSSR count). The molecule has 1 fully saturated rings. The zero-order valence-electron chi connectivity index (χ0n) is 17.8. The Labute approximate surface area is 194 Å². The maximum absolute atomic E-state index is 13.1. The smallest absolute Gasteiger partial charge is 0.291 e. The van der Waals surface area contributed by atoms with E-state index in [-0.39, 0.29) is 54.0 Å². The predicted molar refractivity (Wildman–Crippen MR) is 121 cm³/mol. The lowest BCUT2D eigenvalue weighted by Gasteiger charge is -2.34. The molecular formula is C22H20N4O7S. The molecule has 2 heterocycles. The Balaban J connectivity index is 1.46. The number of amides is 2. The Morgan fingerprint density at radius 2 is 1.71 bits per heavy atom. The third-order valence-corrected chi connectivity index (χ3v) is 7.24. The largest absolute Gasteiger partial charge is 0.459 e. The lowest BCUT2D eigenvalue weighted by Crippen LogP contribution is -2.50. The van der Waals surface area contributed by atoms with Crippen molar-refractivity contribution in [3.63, 3.8) is 0 Å². The Morgan fingerprint density at radius 3 is 2.38 bits per heavy atom. The molecule has 1 aromatic heterocycles. The van der Waals surface area contributed by atoms with Crippen LogP contribution in [0.15, 0.2) is 76.2 Å². The Bertz CT molecular complexity index is 1330. The molecule has 34 heavy (non-hydrogen) atoms. The van der Waals surface area contributed by atoms with Crippen molar-refractivity contribution in [2.45, 2.75) is 4.90 Å². The van der Waals surface area contributed by atoms with Crippen LogP contribution in [0.4, 0.5) is 11.4 Å². The van der Waals surface area contributed by atoms with Gasteiger partial charge in [0.1, 0.15) is 0 Å². The van der Waals surface area contributed by atoms with Gasteiger partial charge >= 0.3 is 0 Å². The molecule has 176 valence electrons. The number of benzene rings is 2. The van der Waals surface area contributed by atoms with Crippen molar-refractivity contribution >= 4 is 33.2 Å². The van der Waals surface area contributed by atoms with E-state index in [9.17, 15) is 28.1 Å². The summed E-state index contributed by atoms with van der Waals surface area (Å²) in [6.07, 6.45) is 1.37. The molecule has 3 aromatic rings. The van der Waals surface area contributed by atoms with Crippen molar-refractivity contribution in [3.8, 4) is 0 Å². The standard InChI is InChI=1S/C22H20N4O7S/c27-21(20-9-4-14-33-20)23-19-8-2-1-7-18(19)22(28)24-10-12-25(13-11-24)34(31,32)17-6-3-5-16(15-17)26(29)30/h1-9,14-15H,10-13H2,(H,23,27). The molecule has 1 saturated heterocycles. The van der Waals surface area contributed by atoms with Crippen molar-refractivity contribution in [3.05, 3.63) is 88.4 Å². The van der Waals surface area contributed by atoms with Crippen LogP contribution in [0.1, 0.15) is 20.9 Å². The molecule has 2 amide bonds. The van der Waals surface area contributed by atoms with Gasteiger partial charge in [-0.15, -0.1) is 0 Å². The van der Waals surface area contributed by atoms with Gasteiger partial charge in [0, 0.05) is 38.3 Å². The second-order valence-electron chi connectivity index (χ2n) is 7.43. The van der Waals surface area contributed by atoms with E-state index in [1.54, 1.807) is 30.3 Å². The molecule has 0 unspecified atom stereocenters. The number of sulfonamides is 1. The van der Waals surface area contributed by atoms with Crippen molar-refractivity contribution in [2.24, 2.45) is 0 Å². The summed E-state index contributed by atoms with van der Waals surface area (Å²) in [6.45, 7) is 0.288. The van der Waals surface area contributed by atoms with E-state index in [4.69, 9.17) is 4.42 Å². The average Bonchev–Trinajstić information content (AvgIpc) is 3.39. The Kier molecular flexibility index (Phi) is 6.43. The molecule has 0 saturated carbocycles. The highest BCUT2D eigenvalue weighted by Crippen LogP contribution is 2.24. The summed E-state index contributed by atoms with van der Waals surface area (Å²) >= 11 is 0. The second-order valence-corrected chi connectivity index (χ2v) is 9.37. The van der Waals surface area contributed by atoms with Gasteiger partial charge in [0.2, 0.25) is 10.0 Å². The van der Waals surface area contributed by atoms with Crippen LogP contribution in [0.25, 0.3) is 0 Å². The third kappa shape index (κ3) is 4.67. The third-order valence-electron chi connectivity index (χ3n) is 5.34. The van der Waals surface area contributed by atoms with Gasteiger partial charge in [-0.3, -0.25) is 19.7 Å². The van der Waals surface area contributed by atoms with E-state index in [0.29, 0.717) is 5.69 Å². The molecule has 0 aliphatic carbocycles. The van der Waals surface area contributed by atoms with E-state index in [1.165, 1.54) is 39.7 Å². The number of nitro groups is 1. The maximum Gasteiger partial charge on any atom is 0.291 e. The summed E-state index contributed by atoms with van der Waals surface area (Å²) in [4.78, 5) is 37.1. The lowest BCUT2D eigenvalue weighted by atomic mass is 10.1. The Hall–Kier alpha value is -4.03. The normalized spacial score (nSPS) is 14.5. The topological polar surface area (TPSA) is 143 Å². The molecule has 12 heteroatoms. The van der Waals surface area contributed by atoms with E-state index >= 15 is 0 Å². The van der Waals surface area contributed by atoms with Crippen LogP contribution in [0.3, 0.4) is 0 Å². The SMILES string of the molecule is O=C(Nc1ccccc1C(=O)N1CCN(S(=O)(=O)c2cccc([N+](=O)[O-])c2)CC1)c1ccco1. The summed E-state index contributed by atoms with van der Waals surface area (Å²) in [6, 6.07) is 14.5. The number of furan rings is 1. The first-order chi connectivity index (χ1) is 16.3. The minimum atomic E-state index is -3.96. The summed E-state index contributed by atoms with van der Waals surface area (Å²) in [5, 5.41) is 13.7. The average molecular weight is 484 g/mol. The van der Waals surface area contributed by atoms with Crippen molar-refractivity contribution in [1.82, 2.24) is 9.21 Å². The maximum atomic E-state index is 13.1. The highest BCUT2D eigenvalue weighted by Gasteiger charge is 2.32. The number of nitro benzene ring substituents is 1. The van der Waals surface area contributed by atoms with E-state index in [2.05, 4.69) is 5.32 Å². The van der Waals surface area contributed by atoms with Gasteiger partial charge in [-0.2, -0.15) is 4.31 Å². The number of nitrogens with zero attached hydrogens (tertiary/aromatic N) is 3. The van der Waals surface area contributed by atoms with Crippen molar-refractivity contribution in [2.75, 3.05) is 31.5 Å². The molecule has 1 aliphatic rings. The fourth-order valence-electron chi connectivity index (χ4n) is 3.58.